The van der Waals surface area contributed by atoms with Crippen molar-refractivity contribution in [3.63, 3.8) is 0 Å². The lowest BCUT2D eigenvalue weighted by molar-refractivity contribution is 0.714. The second-order valence-electron chi connectivity index (χ2n) is 16.9. The van der Waals surface area contributed by atoms with Gasteiger partial charge in [-0.2, -0.15) is 0 Å². The van der Waals surface area contributed by atoms with Crippen molar-refractivity contribution >= 4 is 49.4 Å². The average molecular weight is 802 g/mol. The number of nitrogens with zero attached hydrogens (tertiary/aromatic N) is 1. The van der Waals surface area contributed by atoms with Crippen molar-refractivity contribution in [2.45, 2.75) is 12.3 Å². The van der Waals surface area contributed by atoms with E-state index in [0.717, 1.165) is 16.9 Å². The van der Waals surface area contributed by atoms with Crippen molar-refractivity contribution in [2.24, 2.45) is 0 Å². The molecule has 0 spiro atoms. The van der Waals surface area contributed by atoms with Gasteiger partial charge < -0.3 is 4.90 Å². The monoisotopic (exact) mass is 801 g/mol. The molecule has 0 aliphatic heterocycles. The van der Waals surface area contributed by atoms with Gasteiger partial charge in [0.15, 0.2) is 0 Å². The fourth-order valence-electron chi connectivity index (χ4n) is 10.7. The number of hydrogen-bond donors (Lipinski definition) is 0. The van der Waals surface area contributed by atoms with Crippen molar-refractivity contribution in [3.05, 3.63) is 259 Å². The molecule has 0 aromatic heterocycles. The van der Waals surface area contributed by atoms with Gasteiger partial charge in [0.2, 0.25) is 0 Å². The Morgan fingerprint density at radius 2 is 0.857 bits per heavy atom. The topological polar surface area (TPSA) is 3.24 Å². The summed E-state index contributed by atoms with van der Waals surface area (Å²) in [5, 5.41) is 7.43. The summed E-state index contributed by atoms with van der Waals surface area (Å²) in [5.74, 6) is 0. The molecule has 1 aliphatic carbocycles. The van der Waals surface area contributed by atoms with Gasteiger partial charge >= 0.3 is 0 Å². The molecular weight excluding hydrogens is 759 g/mol. The Hall–Kier alpha value is -8.00. The van der Waals surface area contributed by atoms with Gasteiger partial charge in [0.1, 0.15) is 0 Å². The molecule has 0 fully saturated rings. The zero-order chi connectivity index (χ0) is 41.9. The predicted octanol–water partition coefficient (Wildman–Crippen LogP) is 17.0. The minimum absolute atomic E-state index is 0.393. The SMILES string of the molecule is CC1(c2ccccc2)c2ccccc2-c2cccc(N(c3cccc(-c4ccc5c(c4)c(-c4ccccc4)c(-c4ccccc4)c4ccccc45)c3)c3cccc4ccccc34)c21. The molecule has 0 N–H and O–H groups in total. The van der Waals surface area contributed by atoms with Gasteiger partial charge in [-0.15, -0.1) is 0 Å². The molecule has 1 atom stereocenters. The first-order chi connectivity index (χ1) is 31.2. The van der Waals surface area contributed by atoms with Crippen LogP contribution in [0, 0.1) is 0 Å². The van der Waals surface area contributed by atoms with Crippen LogP contribution >= 0.6 is 0 Å². The normalized spacial score (nSPS) is 14.2. The Balaban J connectivity index is 1.11. The Morgan fingerprint density at radius 3 is 1.63 bits per heavy atom. The lowest BCUT2D eigenvalue weighted by Gasteiger charge is -2.35. The lowest BCUT2D eigenvalue weighted by atomic mass is 9.73. The third-order valence-corrected chi connectivity index (χ3v) is 13.5. The standard InChI is InChI=1S/C62H43N/c1-62(47-27-9-4-10-28-47)56-35-16-15-32-52(56)54-34-19-37-58(61(54)62)63(57-36-18-25-42-20-11-12-30-49(42)57)48-29-17-26-45(40-48)46-38-39-51-50-31-13-14-33-53(50)59(43-21-5-2-6-22-43)60(55(51)41-46)44-23-7-3-8-24-44/h2-41H,1H3. The van der Waals surface area contributed by atoms with Gasteiger partial charge in [-0.25, -0.2) is 0 Å². The van der Waals surface area contributed by atoms with Gasteiger partial charge in [-0.3, -0.25) is 0 Å². The highest BCUT2D eigenvalue weighted by Gasteiger charge is 2.43. The van der Waals surface area contributed by atoms with E-state index in [4.69, 9.17) is 0 Å². The molecule has 0 amide bonds. The van der Waals surface area contributed by atoms with Crippen LogP contribution in [0.2, 0.25) is 0 Å². The summed E-state index contributed by atoms with van der Waals surface area (Å²) in [6.07, 6.45) is 0. The molecule has 1 heteroatoms. The van der Waals surface area contributed by atoms with E-state index in [1.54, 1.807) is 0 Å². The molecule has 11 aromatic rings. The number of hydrogen-bond acceptors (Lipinski definition) is 1. The molecule has 0 heterocycles. The van der Waals surface area contributed by atoms with Gasteiger partial charge in [-0.05, 0) is 125 Å². The van der Waals surface area contributed by atoms with Crippen LogP contribution in [0.3, 0.4) is 0 Å². The minimum Gasteiger partial charge on any atom is -0.310 e. The number of rotatable bonds is 7. The third-order valence-electron chi connectivity index (χ3n) is 13.5. The van der Waals surface area contributed by atoms with Gasteiger partial charge in [0.05, 0.1) is 11.4 Å². The Morgan fingerprint density at radius 1 is 0.333 bits per heavy atom. The van der Waals surface area contributed by atoms with Crippen LogP contribution in [0.25, 0.3) is 76.8 Å². The summed E-state index contributed by atoms with van der Waals surface area (Å²) < 4.78 is 0. The van der Waals surface area contributed by atoms with Crippen LogP contribution in [-0.4, -0.2) is 0 Å². The average Bonchev–Trinajstić information content (AvgIpc) is 3.63. The van der Waals surface area contributed by atoms with E-state index < -0.39 is 5.41 Å². The molecule has 12 rings (SSSR count). The second kappa shape index (κ2) is 14.9. The number of fused-ring (bicyclic) bond motifs is 7. The van der Waals surface area contributed by atoms with Gasteiger partial charge in [0.25, 0.3) is 0 Å². The summed E-state index contributed by atoms with van der Waals surface area (Å²) in [6, 6.07) is 89.4. The van der Waals surface area contributed by atoms with Crippen LogP contribution in [0.5, 0.6) is 0 Å². The quantitative estimate of drug-likeness (QED) is 0.145. The molecule has 1 unspecified atom stereocenters. The zero-order valence-electron chi connectivity index (χ0n) is 35.0. The molecule has 11 aromatic carbocycles. The fraction of sp³-hybridized carbons (Fsp3) is 0.0323. The van der Waals surface area contributed by atoms with Crippen molar-refractivity contribution < 1.29 is 0 Å². The highest BCUT2D eigenvalue weighted by atomic mass is 15.1. The molecule has 296 valence electrons. The number of anilines is 3. The molecule has 1 aliphatic rings. The summed E-state index contributed by atoms with van der Waals surface area (Å²) in [4.78, 5) is 2.52. The molecule has 0 saturated heterocycles. The summed E-state index contributed by atoms with van der Waals surface area (Å²) in [5.41, 5.74) is 16.8. The summed E-state index contributed by atoms with van der Waals surface area (Å²) in [7, 11) is 0. The minimum atomic E-state index is -0.393. The van der Waals surface area contributed by atoms with Gasteiger partial charge in [0, 0.05) is 16.5 Å². The van der Waals surface area contributed by atoms with E-state index in [1.165, 1.54) is 93.6 Å². The number of benzene rings is 11. The summed E-state index contributed by atoms with van der Waals surface area (Å²) >= 11 is 0. The fourth-order valence-corrected chi connectivity index (χ4v) is 10.7. The smallest absolute Gasteiger partial charge is 0.0540 e. The maximum absolute atomic E-state index is 2.52. The van der Waals surface area contributed by atoms with Gasteiger partial charge in [-0.1, -0.05) is 212 Å². The molecule has 0 bridgehead atoms. The first-order valence-corrected chi connectivity index (χ1v) is 21.9. The van der Waals surface area contributed by atoms with Crippen LogP contribution in [0.4, 0.5) is 17.1 Å². The highest BCUT2D eigenvalue weighted by Crippen LogP contribution is 2.57. The van der Waals surface area contributed by atoms with Crippen LogP contribution in [-0.2, 0) is 5.41 Å². The molecule has 63 heavy (non-hydrogen) atoms. The lowest BCUT2D eigenvalue weighted by Crippen LogP contribution is -2.25. The van der Waals surface area contributed by atoms with E-state index in [9.17, 15) is 0 Å². The molecular formula is C62H43N. The van der Waals surface area contributed by atoms with E-state index in [1.807, 2.05) is 0 Å². The second-order valence-corrected chi connectivity index (χ2v) is 16.9. The Kier molecular flexibility index (Phi) is 8.69. The van der Waals surface area contributed by atoms with Crippen molar-refractivity contribution in [2.75, 3.05) is 4.90 Å². The van der Waals surface area contributed by atoms with Crippen molar-refractivity contribution in [1.82, 2.24) is 0 Å². The predicted molar refractivity (Wildman–Crippen MR) is 267 cm³/mol. The van der Waals surface area contributed by atoms with Crippen LogP contribution in [0.1, 0.15) is 23.6 Å². The van der Waals surface area contributed by atoms with Crippen molar-refractivity contribution in [3.8, 4) is 44.5 Å². The van der Waals surface area contributed by atoms with E-state index in [0.29, 0.717) is 0 Å². The molecule has 1 nitrogen and oxygen atoms in total. The summed E-state index contributed by atoms with van der Waals surface area (Å²) in [6.45, 7) is 2.42. The van der Waals surface area contributed by atoms with Crippen molar-refractivity contribution in [1.29, 1.82) is 0 Å². The molecule has 0 saturated carbocycles. The first-order valence-electron chi connectivity index (χ1n) is 21.9. The largest absolute Gasteiger partial charge is 0.310 e. The van der Waals surface area contributed by atoms with Crippen LogP contribution < -0.4 is 4.90 Å². The Bertz CT molecular complexity index is 3510. The Labute approximate surface area is 368 Å². The first kappa shape index (κ1) is 36.8. The van der Waals surface area contributed by atoms with E-state index in [2.05, 4.69) is 254 Å². The zero-order valence-corrected chi connectivity index (χ0v) is 35.0. The van der Waals surface area contributed by atoms with E-state index >= 15 is 0 Å². The van der Waals surface area contributed by atoms with E-state index in [-0.39, 0.29) is 0 Å². The molecule has 0 radical (unpaired) electrons. The highest BCUT2D eigenvalue weighted by molar-refractivity contribution is 6.22. The van der Waals surface area contributed by atoms with Crippen LogP contribution in [0.15, 0.2) is 243 Å². The third kappa shape index (κ3) is 5.85. The maximum atomic E-state index is 2.52. The maximum Gasteiger partial charge on any atom is 0.0540 e.